The molecule has 0 aromatic heterocycles. The average Bonchev–Trinajstić information content (AvgIpc) is 3.04. The van der Waals surface area contributed by atoms with Gasteiger partial charge in [0.1, 0.15) is 24.2 Å². The Labute approximate surface area is 196 Å². The summed E-state index contributed by atoms with van der Waals surface area (Å²) in [5, 5.41) is 7.67. The number of nitrogens with zero attached hydrogens (tertiary/aromatic N) is 1. The number of urea groups is 1. The van der Waals surface area contributed by atoms with Gasteiger partial charge in [-0.05, 0) is 48.2 Å². The van der Waals surface area contributed by atoms with Crippen molar-refractivity contribution in [3.05, 3.63) is 58.9 Å². The highest BCUT2D eigenvalue weighted by Gasteiger charge is 2.26. The number of anilines is 1. The van der Waals surface area contributed by atoms with Gasteiger partial charge in [-0.2, -0.15) is 0 Å². The Balaban J connectivity index is 1.32. The fraction of sp³-hybridized carbons (Fsp3) is 0.375. The topological polar surface area (TPSA) is 109 Å². The van der Waals surface area contributed by atoms with Gasteiger partial charge in [-0.25, -0.2) is 14.0 Å². The molecule has 2 heterocycles. The molecule has 2 aliphatic rings. The Bertz CT molecular complexity index is 1090. The zero-order chi connectivity index (χ0) is 24.1. The largest absolute Gasteiger partial charge is 0.493 e. The van der Waals surface area contributed by atoms with Crippen molar-refractivity contribution in [1.82, 2.24) is 15.5 Å². The summed E-state index contributed by atoms with van der Waals surface area (Å²) in [4.78, 5) is 38.3. The summed E-state index contributed by atoms with van der Waals surface area (Å²) in [6, 6.07) is 9.37. The molecule has 1 atom stereocenters. The van der Waals surface area contributed by atoms with Crippen LogP contribution in [-0.2, 0) is 22.5 Å². The van der Waals surface area contributed by atoms with E-state index in [-0.39, 0.29) is 24.3 Å². The predicted octanol–water partition coefficient (Wildman–Crippen LogP) is 3.10. The first-order valence-corrected chi connectivity index (χ1v) is 11.2. The highest BCUT2D eigenvalue weighted by molar-refractivity contribution is 5.89. The Morgan fingerprint density at radius 1 is 1.18 bits per heavy atom. The zero-order valence-corrected chi connectivity index (χ0v) is 18.9. The van der Waals surface area contributed by atoms with Crippen LogP contribution in [0.15, 0.2) is 36.4 Å². The number of hydrogen-bond acceptors (Lipinski definition) is 5. The van der Waals surface area contributed by atoms with Crippen LogP contribution in [0.3, 0.4) is 0 Å². The number of benzene rings is 2. The van der Waals surface area contributed by atoms with Crippen LogP contribution in [0.5, 0.6) is 5.75 Å². The molecule has 2 aromatic rings. The van der Waals surface area contributed by atoms with Gasteiger partial charge >= 0.3 is 12.1 Å². The second-order valence-corrected chi connectivity index (χ2v) is 8.17. The van der Waals surface area contributed by atoms with Crippen molar-refractivity contribution in [2.24, 2.45) is 0 Å². The van der Waals surface area contributed by atoms with E-state index in [0.717, 1.165) is 17.5 Å². The van der Waals surface area contributed by atoms with Gasteiger partial charge in [-0.15, -0.1) is 0 Å². The van der Waals surface area contributed by atoms with Gasteiger partial charge in [0.2, 0.25) is 5.91 Å². The number of amides is 4. The Hall–Kier alpha value is -3.82. The average molecular weight is 471 g/mol. The summed E-state index contributed by atoms with van der Waals surface area (Å²) in [5.41, 5.74) is 3.07. The molecule has 10 heteroatoms. The van der Waals surface area contributed by atoms with Crippen LogP contribution in [0.4, 0.5) is 19.7 Å². The number of halogens is 1. The molecule has 2 aliphatic heterocycles. The number of carbonyl (C=O) groups is 3. The van der Waals surface area contributed by atoms with Gasteiger partial charge < -0.3 is 30.3 Å². The van der Waals surface area contributed by atoms with Gasteiger partial charge in [0.25, 0.3) is 0 Å². The molecule has 180 valence electrons. The second-order valence-electron chi connectivity index (χ2n) is 8.17. The third kappa shape index (κ3) is 5.56. The number of alkyl carbamates (subject to hydrolysis) is 1. The minimum Gasteiger partial charge on any atom is -0.493 e. The summed E-state index contributed by atoms with van der Waals surface area (Å²) < 4.78 is 24.7. The van der Waals surface area contributed by atoms with Crippen LogP contribution >= 0.6 is 0 Å². The molecule has 34 heavy (non-hydrogen) atoms. The molecule has 0 bridgehead atoms. The van der Waals surface area contributed by atoms with Crippen molar-refractivity contribution >= 4 is 23.7 Å². The van der Waals surface area contributed by atoms with Crippen LogP contribution < -0.4 is 20.7 Å². The summed E-state index contributed by atoms with van der Waals surface area (Å²) in [6.07, 6.45) is 0.665. The lowest BCUT2D eigenvalue weighted by atomic mass is 10.0. The summed E-state index contributed by atoms with van der Waals surface area (Å²) in [7, 11) is 1.52. The van der Waals surface area contributed by atoms with Gasteiger partial charge in [0.05, 0.1) is 6.61 Å². The molecule has 2 aromatic carbocycles. The van der Waals surface area contributed by atoms with Crippen LogP contribution in [0.1, 0.15) is 35.6 Å². The molecule has 0 unspecified atom stereocenters. The Morgan fingerprint density at radius 2 is 2.03 bits per heavy atom. The van der Waals surface area contributed by atoms with Crippen molar-refractivity contribution in [1.29, 1.82) is 0 Å². The van der Waals surface area contributed by atoms with Crippen molar-refractivity contribution in [2.45, 2.75) is 31.9 Å². The number of carbonyl (C=O) groups excluding carboxylic acids is 3. The zero-order valence-electron chi connectivity index (χ0n) is 18.9. The van der Waals surface area contributed by atoms with Crippen molar-refractivity contribution in [3.63, 3.8) is 0 Å². The molecule has 0 saturated heterocycles. The van der Waals surface area contributed by atoms with Crippen LogP contribution in [0.25, 0.3) is 0 Å². The molecule has 0 fully saturated rings. The normalized spacial score (nSPS) is 16.8. The van der Waals surface area contributed by atoms with Gasteiger partial charge in [0.15, 0.2) is 0 Å². The maximum Gasteiger partial charge on any atom is 0.408 e. The highest BCUT2D eigenvalue weighted by Crippen LogP contribution is 2.36. The monoisotopic (exact) mass is 470 g/mol. The van der Waals surface area contributed by atoms with Crippen molar-refractivity contribution < 1.29 is 28.2 Å². The Morgan fingerprint density at radius 3 is 2.85 bits per heavy atom. The van der Waals surface area contributed by atoms with E-state index in [1.807, 2.05) is 0 Å². The lowest BCUT2D eigenvalue weighted by Gasteiger charge is -2.26. The molecular formula is C24H27FN4O5. The summed E-state index contributed by atoms with van der Waals surface area (Å²) in [6.45, 7) is 1.07. The molecule has 9 nitrogen and oxygen atoms in total. The molecule has 0 radical (unpaired) electrons. The molecule has 4 amide bonds. The Kier molecular flexibility index (Phi) is 7.15. The number of nitrogens with one attached hydrogen (secondary N) is 3. The maximum atomic E-state index is 13.5. The first-order valence-electron chi connectivity index (χ1n) is 11.2. The number of aryl methyl sites for hydroxylation is 1. The first kappa shape index (κ1) is 23.3. The van der Waals surface area contributed by atoms with Crippen LogP contribution in [-0.4, -0.2) is 49.7 Å². The second kappa shape index (κ2) is 10.4. The predicted molar refractivity (Wildman–Crippen MR) is 122 cm³/mol. The molecule has 0 spiro atoms. The van der Waals surface area contributed by atoms with Crippen molar-refractivity contribution in [2.75, 3.05) is 32.1 Å². The van der Waals surface area contributed by atoms with Gasteiger partial charge in [-0.3, -0.25) is 4.79 Å². The molecule has 3 N–H and O–H groups in total. The van der Waals surface area contributed by atoms with E-state index >= 15 is 0 Å². The molecule has 4 rings (SSSR count). The fourth-order valence-electron chi connectivity index (χ4n) is 4.12. The van der Waals surface area contributed by atoms with E-state index in [4.69, 9.17) is 9.47 Å². The minimum absolute atomic E-state index is 0.194. The fourth-order valence-corrected chi connectivity index (χ4v) is 4.12. The van der Waals surface area contributed by atoms with E-state index < -0.39 is 12.2 Å². The third-order valence-electron chi connectivity index (χ3n) is 5.87. The van der Waals surface area contributed by atoms with E-state index in [0.29, 0.717) is 49.5 Å². The maximum absolute atomic E-state index is 13.5. The number of fused-ring (bicyclic) bond motifs is 2. The van der Waals surface area contributed by atoms with E-state index in [9.17, 15) is 18.8 Å². The molecular weight excluding hydrogens is 443 g/mol. The highest BCUT2D eigenvalue weighted by atomic mass is 19.1. The number of ether oxygens (including phenoxy) is 2. The standard InChI is InChI=1S/C24H27FN4O5/c1-26-23(31)28-18-6-7-19-20(8-10-33-21(19)12-18)34-24(32)27-13-22(30)29-9-2-3-15-11-17(25)5-4-16(15)14-29/h4-7,11-12,20H,2-3,8-10,13-14H2,1H3,(H,27,32)(H2,26,28,31)/t20-/m0/s1. The van der Waals surface area contributed by atoms with Crippen molar-refractivity contribution in [3.8, 4) is 5.75 Å². The summed E-state index contributed by atoms with van der Waals surface area (Å²) >= 11 is 0. The minimum atomic E-state index is -0.698. The molecule has 0 aliphatic carbocycles. The smallest absolute Gasteiger partial charge is 0.408 e. The van der Waals surface area contributed by atoms with Crippen LogP contribution in [0.2, 0.25) is 0 Å². The van der Waals surface area contributed by atoms with Crippen LogP contribution in [0, 0.1) is 5.82 Å². The number of rotatable bonds is 4. The lowest BCUT2D eigenvalue weighted by molar-refractivity contribution is -0.130. The van der Waals surface area contributed by atoms with E-state index in [1.165, 1.54) is 19.2 Å². The van der Waals surface area contributed by atoms with Gasteiger partial charge in [-0.1, -0.05) is 6.07 Å². The SMILES string of the molecule is CNC(=O)Nc1ccc2c(c1)OCC[C@@H]2OC(=O)NCC(=O)N1CCCc2cc(F)ccc2C1. The van der Waals surface area contributed by atoms with E-state index in [2.05, 4.69) is 16.0 Å². The van der Waals surface area contributed by atoms with Gasteiger partial charge in [0, 0.05) is 43.9 Å². The van der Waals surface area contributed by atoms with E-state index in [1.54, 1.807) is 29.2 Å². The molecule has 0 saturated carbocycles. The number of hydrogen-bond donors (Lipinski definition) is 3. The quantitative estimate of drug-likeness (QED) is 0.636. The lowest BCUT2D eigenvalue weighted by Crippen LogP contribution is -2.40. The third-order valence-corrected chi connectivity index (χ3v) is 5.87. The first-order chi connectivity index (χ1) is 16.4. The summed E-state index contributed by atoms with van der Waals surface area (Å²) in [5.74, 6) is 0.0108.